The third-order valence-corrected chi connectivity index (χ3v) is 4.00. The maximum Gasteiger partial charge on any atom is 0.166 e. The van der Waals surface area contributed by atoms with Crippen molar-refractivity contribution in [1.82, 2.24) is 15.5 Å². The summed E-state index contributed by atoms with van der Waals surface area (Å²) in [5, 5.41) is 7.63. The van der Waals surface area contributed by atoms with E-state index in [1.807, 2.05) is 0 Å². The van der Waals surface area contributed by atoms with E-state index >= 15 is 0 Å². The van der Waals surface area contributed by atoms with Gasteiger partial charge in [0.05, 0.1) is 0 Å². The van der Waals surface area contributed by atoms with Crippen molar-refractivity contribution in [2.45, 2.75) is 51.1 Å². The normalized spacial score (nSPS) is 29.1. The van der Waals surface area contributed by atoms with Gasteiger partial charge in [-0.1, -0.05) is 13.3 Å². The highest BCUT2D eigenvalue weighted by Gasteiger charge is 2.37. The third-order valence-electron chi connectivity index (χ3n) is 3.74. The molecule has 2 N–H and O–H groups in total. The topological polar surface area (TPSA) is 27.3 Å². The Kier molecular flexibility index (Phi) is 4.41. The summed E-state index contributed by atoms with van der Waals surface area (Å²) in [4.78, 5) is 2.60. The maximum atomic E-state index is 5.32. The summed E-state index contributed by atoms with van der Waals surface area (Å²) in [7, 11) is 0. The maximum absolute atomic E-state index is 5.32. The Morgan fingerprint density at radius 1 is 1.38 bits per heavy atom. The molecule has 92 valence electrons. The second kappa shape index (κ2) is 5.82. The van der Waals surface area contributed by atoms with Crippen LogP contribution in [0.25, 0.3) is 0 Å². The van der Waals surface area contributed by atoms with Crippen molar-refractivity contribution >= 4 is 17.3 Å². The second-order valence-corrected chi connectivity index (χ2v) is 5.30. The Morgan fingerprint density at radius 3 is 3.06 bits per heavy atom. The Hall–Kier alpha value is -0.350. The number of hydrogen-bond acceptors (Lipinski definition) is 2. The first-order valence-electron chi connectivity index (χ1n) is 6.59. The average molecular weight is 241 g/mol. The number of rotatable bonds is 4. The van der Waals surface area contributed by atoms with Gasteiger partial charge in [-0.25, -0.2) is 0 Å². The first-order chi connectivity index (χ1) is 7.81. The fourth-order valence-electron chi connectivity index (χ4n) is 2.85. The molecule has 0 aromatic heterocycles. The van der Waals surface area contributed by atoms with Crippen molar-refractivity contribution in [3.8, 4) is 0 Å². The van der Waals surface area contributed by atoms with Crippen LogP contribution < -0.4 is 10.6 Å². The molecule has 2 heterocycles. The number of fused-ring (bicyclic) bond motifs is 1. The molecule has 0 radical (unpaired) electrons. The van der Waals surface area contributed by atoms with Crippen molar-refractivity contribution in [3.05, 3.63) is 0 Å². The van der Waals surface area contributed by atoms with Crippen molar-refractivity contribution in [2.24, 2.45) is 0 Å². The van der Waals surface area contributed by atoms with Crippen LogP contribution in [0.1, 0.15) is 39.0 Å². The lowest BCUT2D eigenvalue weighted by Crippen LogP contribution is -2.46. The van der Waals surface area contributed by atoms with Crippen molar-refractivity contribution in [3.63, 3.8) is 0 Å². The zero-order valence-electron chi connectivity index (χ0n) is 10.2. The summed E-state index contributed by atoms with van der Waals surface area (Å²) in [6.07, 6.45) is 6.37. The molecule has 0 spiro atoms. The van der Waals surface area contributed by atoms with E-state index in [9.17, 15) is 0 Å². The Labute approximate surface area is 104 Å². The van der Waals surface area contributed by atoms with Crippen LogP contribution in [-0.4, -0.2) is 41.7 Å². The van der Waals surface area contributed by atoms with Gasteiger partial charge in [0.25, 0.3) is 0 Å². The van der Waals surface area contributed by atoms with Gasteiger partial charge in [0.1, 0.15) is 0 Å². The van der Waals surface area contributed by atoms with Gasteiger partial charge in [-0.2, -0.15) is 0 Å². The molecule has 2 saturated heterocycles. The highest BCUT2D eigenvalue weighted by atomic mass is 32.1. The van der Waals surface area contributed by atoms with E-state index in [1.54, 1.807) is 0 Å². The van der Waals surface area contributed by atoms with Crippen molar-refractivity contribution in [2.75, 3.05) is 19.6 Å². The quantitative estimate of drug-likeness (QED) is 0.576. The fourth-order valence-corrected chi connectivity index (χ4v) is 3.10. The molecule has 2 aliphatic rings. The molecule has 2 aliphatic heterocycles. The molecular formula is C12H23N3S. The van der Waals surface area contributed by atoms with Gasteiger partial charge < -0.3 is 10.6 Å². The molecule has 0 bridgehead atoms. The highest BCUT2D eigenvalue weighted by molar-refractivity contribution is 7.80. The first-order valence-corrected chi connectivity index (χ1v) is 7.00. The highest BCUT2D eigenvalue weighted by Crippen LogP contribution is 2.27. The van der Waals surface area contributed by atoms with Gasteiger partial charge >= 0.3 is 0 Å². The van der Waals surface area contributed by atoms with E-state index in [-0.39, 0.29) is 0 Å². The van der Waals surface area contributed by atoms with Crippen molar-refractivity contribution in [1.29, 1.82) is 0 Å². The first kappa shape index (κ1) is 12.1. The molecule has 2 atom stereocenters. The molecule has 4 heteroatoms. The molecule has 3 nitrogen and oxygen atoms in total. The van der Waals surface area contributed by atoms with E-state index in [0.717, 1.165) is 17.7 Å². The number of nitrogens with zero attached hydrogens (tertiary/aromatic N) is 1. The summed E-state index contributed by atoms with van der Waals surface area (Å²) in [5.41, 5.74) is 0. The molecule has 16 heavy (non-hydrogen) atoms. The van der Waals surface area contributed by atoms with E-state index in [0.29, 0.717) is 6.04 Å². The van der Waals surface area contributed by atoms with Crippen LogP contribution in [0.3, 0.4) is 0 Å². The minimum atomic E-state index is 0.587. The standard InChI is InChI=1S/C12H23N3S/c1-2-3-7-13-12(16)14-10-6-9-15-8-4-5-11(10)15/h10-11H,2-9H2,1H3,(H2,13,14,16). The lowest BCUT2D eigenvalue weighted by atomic mass is 10.1. The molecule has 0 aliphatic carbocycles. The smallest absolute Gasteiger partial charge is 0.166 e. The molecule has 0 aromatic rings. The molecule has 0 amide bonds. The summed E-state index contributed by atoms with van der Waals surface area (Å²) in [6, 6.07) is 1.33. The number of thiocarbonyl (C=S) groups is 1. The molecule has 0 aromatic carbocycles. The van der Waals surface area contributed by atoms with E-state index in [4.69, 9.17) is 12.2 Å². The van der Waals surface area contributed by atoms with Crippen LogP contribution in [0.4, 0.5) is 0 Å². The third kappa shape index (κ3) is 2.86. The van der Waals surface area contributed by atoms with Gasteiger partial charge in [0.2, 0.25) is 0 Å². The Bertz CT molecular complexity index is 244. The van der Waals surface area contributed by atoms with Crippen LogP contribution in [0.2, 0.25) is 0 Å². The van der Waals surface area contributed by atoms with Crippen molar-refractivity contribution < 1.29 is 0 Å². The lowest BCUT2D eigenvalue weighted by molar-refractivity contribution is 0.308. The van der Waals surface area contributed by atoms with Crippen LogP contribution in [0.5, 0.6) is 0 Å². The van der Waals surface area contributed by atoms with E-state index in [1.165, 1.54) is 45.2 Å². The minimum absolute atomic E-state index is 0.587. The van der Waals surface area contributed by atoms with Crippen LogP contribution >= 0.6 is 12.2 Å². The lowest BCUT2D eigenvalue weighted by Gasteiger charge is -2.22. The minimum Gasteiger partial charge on any atom is -0.363 e. The van der Waals surface area contributed by atoms with E-state index in [2.05, 4.69) is 22.5 Å². The van der Waals surface area contributed by atoms with Crippen LogP contribution in [0, 0.1) is 0 Å². The largest absolute Gasteiger partial charge is 0.363 e. The van der Waals surface area contributed by atoms with Gasteiger partial charge in [-0.15, -0.1) is 0 Å². The second-order valence-electron chi connectivity index (χ2n) is 4.89. The van der Waals surface area contributed by atoms with Gasteiger partial charge in [-0.3, -0.25) is 4.90 Å². The Morgan fingerprint density at radius 2 is 2.25 bits per heavy atom. The summed E-state index contributed by atoms with van der Waals surface area (Å²) in [5.74, 6) is 0. The van der Waals surface area contributed by atoms with Gasteiger partial charge in [0, 0.05) is 25.2 Å². The Balaban J connectivity index is 1.70. The van der Waals surface area contributed by atoms with Gasteiger partial charge in [-0.05, 0) is 44.4 Å². The fraction of sp³-hybridized carbons (Fsp3) is 0.917. The van der Waals surface area contributed by atoms with Crippen LogP contribution in [-0.2, 0) is 0 Å². The number of hydrogen-bond donors (Lipinski definition) is 2. The predicted octanol–water partition coefficient (Wildman–Crippen LogP) is 1.49. The molecule has 2 unspecified atom stereocenters. The zero-order chi connectivity index (χ0) is 11.4. The summed E-state index contributed by atoms with van der Waals surface area (Å²) < 4.78 is 0. The summed E-state index contributed by atoms with van der Waals surface area (Å²) in [6.45, 7) is 5.74. The van der Waals surface area contributed by atoms with Crippen LogP contribution in [0.15, 0.2) is 0 Å². The SMILES string of the molecule is CCCCNC(=S)NC1CCN2CCCC12. The van der Waals surface area contributed by atoms with Gasteiger partial charge in [0.15, 0.2) is 5.11 Å². The monoisotopic (exact) mass is 241 g/mol. The van der Waals surface area contributed by atoms with E-state index < -0.39 is 0 Å². The molecular weight excluding hydrogens is 218 g/mol. The molecule has 0 saturated carbocycles. The number of nitrogens with one attached hydrogen (secondary N) is 2. The zero-order valence-corrected chi connectivity index (χ0v) is 11.0. The average Bonchev–Trinajstić information content (AvgIpc) is 2.83. The number of unbranched alkanes of at least 4 members (excludes halogenated alkanes) is 1. The predicted molar refractivity (Wildman–Crippen MR) is 71.6 cm³/mol. The molecule has 2 fully saturated rings. The summed E-state index contributed by atoms with van der Waals surface area (Å²) >= 11 is 5.32. The molecule has 2 rings (SSSR count).